The normalized spacial score (nSPS) is 27.3. The van der Waals surface area contributed by atoms with Crippen molar-refractivity contribution in [2.45, 2.75) is 24.9 Å². The van der Waals surface area contributed by atoms with Crippen LogP contribution in [0.1, 0.15) is 12.5 Å². The van der Waals surface area contributed by atoms with Crippen molar-refractivity contribution in [2.75, 3.05) is 6.61 Å². The molecule has 3 atom stereocenters. The maximum Gasteiger partial charge on any atom is 0.199 e. The number of nitrogens with two attached hydrogens (primary N) is 1. The minimum Gasteiger partial charge on any atom is -0.375 e. The molecule has 0 amide bonds. The SMILES string of the molecule is NC(=S)N/N=C1/C[C@@H](n2nnnc2-c2ccccc2)[C@H]2CO[C@@H]1O2. The Morgan fingerprint density at radius 3 is 3.00 bits per heavy atom. The molecule has 2 fully saturated rings. The second-order valence-electron chi connectivity index (χ2n) is 5.50. The van der Waals surface area contributed by atoms with Crippen LogP contribution < -0.4 is 11.2 Å². The first-order valence-corrected chi connectivity index (χ1v) is 7.85. The Bertz CT molecular complexity index is 778. The van der Waals surface area contributed by atoms with E-state index in [0.29, 0.717) is 24.6 Å². The zero-order chi connectivity index (χ0) is 16.5. The number of fused-ring (bicyclic) bond motifs is 2. The van der Waals surface area contributed by atoms with Crippen LogP contribution >= 0.6 is 12.2 Å². The van der Waals surface area contributed by atoms with Gasteiger partial charge in [0.15, 0.2) is 17.2 Å². The van der Waals surface area contributed by atoms with Crippen LogP contribution in [0.5, 0.6) is 0 Å². The van der Waals surface area contributed by atoms with Gasteiger partial charge in [0.1, 0.15) is 6.10 Å². The summed E-state index contributed by atoms with van der Waals surface area (Å²) in [6, 6.07) is 9.63. The average Bonchev–Trinajstić information content (AvgIpc) is 3.23. The van der Waals surface area contributed by atoms with Crippen LogP contribution in [0.3, 0.4) is 0 Å². The molecule has 2 aliphatic heterocycles. The van der Waals surface area contributed by atoms with Gasteiger partial charge in [0.2, 0.25) is 0 Å². The van der Waals surface area contributed by atoms with E-state index in [1.165, 1.54) is 0 Å². The largest absolute Gasteiger partial charge is 0.375 e. The molecule has 4 rings (SSSR count). The highest BCUT2D eigenvalue weighted by atomic mass is 32.1. The summed E-state index contributed by atoms with van der Waals surface area (Å²) in [5.74, 6) is 0.677. The van der Waals surface area contributed by atoms with E-state index >= 15 is 0 Å². The third-order valence-corrected chi connectivity index (χ3v) is 4.07. The molecule has 124 valence electrons. The van der Waals surface area contributed by atoms with E-state index in [0.717, 1.165) is 5.56 Å². The summed E-state index contributed by atoms with van der Waals surface area (Å²) < 4.78 is 13.3. The van der Waals surface area contributed by atoms with Crippen molar-refractivity contribution in [2.24, 2.45) is 10.8 Å². The highest BCUT2D eigenvalue weighted by Gasteiger charge is 2.44. The molecular formula is C14H15N7O2S. The maximum absolute atomic E-state index is 5.88. The molecule has 10 heteroatoms. The second-order valence-corrected chi connectivity index (χ2v) is 5.94. The molecular weight excluding hydrogens is 330 g/mol. The fraction of sp³-hybridized carbons (Fsp3) is 0.357. The monoisotopic (exact) mass is 345 g/mol. The molecule has 2 saturated heterocycles. The first-order chi connectivity index (χ1) is 11.7. The Hall–Kier alpha value is -2.43. The Kier molecular flexibility index (Phi) is 3.92. The van der Waals surface area contributed by atoms with E-state index in [2.05, 4.69) is 26.1 Å². The Balaban J connectivity index is 1.66. The molecule has 0 aliphatic carbocycles. The third-order valence-electron chi connectivity index (χ3n) is 3.98. The van der Waals surface area contributed by atoms with Crippen molar-refractivity contribution < 1.29 is 9.47 Å². The number of thiocarbonyl (C=S) groups is 1. The molecule has 3 heterocycles. The molecule has 1 aromatic heterocycles. The lowest BCUT2D eigenvalue weighted by molar-refractivity contribution is -0.0320. The predicted molar refractivity (Wildman–Crippen MR) is 88.9 cm³/mol. The molecule has 24 heavy (non-hydrogen) atoms. The number of hydrogen-bond acceptors (Lipinski definition) is 7. The molecule has 9 nitrogen and oxygen atoms in total. The van der Waals surface area contributed by atoms with Crippen LogP contribution in [0, 0.1) is 0 Å². The van der Waals surface area contributed by atoms with E-state index in [-0.39, 0.29) is 17.3 Å². The lowest BCUT2D eigenvalue weighted by Crippen LogP contribution is -2.39. The minimum absolute atomic E-state index is 0.0894. The van der Waals surface area contributed by atoms with Crippen molar-refractivity contribution in [3.63, 3.8) is 0 Å². The molecule has 1 aromatic carbocycles. The minimum atomic E-state index is -0.482. The van der Waals surface area contributed by atoms with Crippen LogP contribution in [-0.4, -0.2) is 50.0 Å². The highest BCUT2D eigenvalue weighted by molar-refractivity contribution is 7.80. The van der Waals surface area contributed by atoms with Crippen molar-refractivity contribution in [3.8, 4) is 11.4 Å². The number of ether oxygens (including phenoxy) is 2. The fourth-order valence-corrected chi connectivity index (χ4v) is 2.95. The smallest absolute Gasteiger partial charge is 0.199 e. The third kappa shape index (κ3) is 2.75. The quantitative estimate of drug-likeness (QED) is 0.600. The number of nitrogens with zero attached hydrogens (tertiary/aromatic N) is 5. The number of hydrogen-bond donors (Lipinski definition) is 2. The van der Waals surface area contributed by atoms with Gasteiger partial charge >= 0.3 is 0 Å². The van der Waals surface area contributed by atoms with E-state index in [1.54, 1.807) is 4.68 Å². The lowest BCUT2D eigenvalue weighted by atomic mass is 10.0. The van der Waals surface area contributed by atoms with Crippen LogP contribution in [-0.2, 0) is 9.47 Å². The van der Waals surface area contributed by atoms with E-state index in [9.17, 15) is 0 Å². The first kappa shape index (κ1) is 15.1. The summed E-state index contributed by atoms with van der Waals surface area (Å²) in [6.45, 7) is 0.454. The van der Waals surface area contributed by atoms with Gasteiger partial charge in [-0.05, 0) is 22.6 Å². The van der Waals surface area contributed by atoms with Gasteiger partial charge in [-0.15, -0.1) is 5.10 Å². The summed E-state index contributed by atoms with van der Waals surface area (Å²) >= 11 is 4.78. The Morgan fingerprint density at radius 2 is 2.21 bits per heavy atom. The van der Waals surface area contributed by atoms with Gasteiger partial charge in [-0.25, -0.2) is 4.68 Å². The summed E-state index contributed by atoms with van der Waals surface area (Å²) in [6.07, 6.45) is -0.0370. The lowest BCUT2D eigenvalue weighted by Gasteiger charge is -2.28. The van der Waals surface area contributed by atoms with E-state index in [4.69, 9.17) is 27.4 Å². The number of benzene rings is 1. The van der Waals surface area contributed by atoms with Crippen LogP contribution in [0.15, 0.2) is 35.4 Å². The molecule has 0 saturated carbocycles. The summed E-state index contributed by atoms with van der Waals surface area (Å²) in [4.78, 5) is 0. The van der Waals surface area contributed by atoms with Crippen molar-refractivity contribution >= 4 is 23.0 Å². The van der Waals surface area contributed by atoms with Gasteiger partial charge in [-0.3, -0.25) is 5.43 Å². The molecule has 3 N–H and O–H groups in total. The molecule has 2 aromatic rings. The Morgan fingerprint density at radius 1 is 1.38 bits per heavy atom. The van der Waals surface area contributed by atoms with Crippen molar-refractivity contribution in [1.82, 2.24) is 25.6 Å². The van der Waals surface area contributed by atoms with E-state index < -0.39 is 6.29 Å². The van der Waals surface area contributed by atoms with Gasteiger partial charge in [-0.2, -0.15) is 5.10 Å². The molecule has 0 radical (unpaired) electrons. The zero-order valence-corrected chi connectivity index (χ0v) is 13.4. The fourth-order valence-electron chi connectivity index (χ4n) is 2.90. The highest BCUT2D eigenvalue weighted by Crippen LogP contribution is 2.34. The standard InChI is InChI=1S/C14H15N7O2S/c15-14(24)18-16-9-6-10(11-7-22-13(9)23-11)21-12(17-19-20-21)8-4-2-1-3-5-8/h1-5,10-11,13H,6-7H2,(H3,15,18,24)/b16-9-/t10-,11-,13-/m1/s1. The van der Waals surface area contributed by atoms with Crippen molar-refractivity contribution in [3.05, 3.63) is 30.3 Å². The first-order valence-electron chi connectivity index (χ1n) is 7.44. The summed E-state index contributed by atoms with van der Waals surface area (Å²) in [7, 11) is 0. The number of nitrogens with one attached hydrogen (secondary N) is 1. The molecule has 0 unspecified atom stereocenters. The summed E-state index contributed by atoms with van der Waals surface area (Å²) in [5.41, 5.74) is 9.63. The van der Waals surface area contributed by atoms with Gasteiger partial charge in [0, 0.05) is 12.0 Å². The van der Waals surface area contributed by atoms with Gasteiger partial charge in [-0.1, -0.05) is 30.3 Å². The number of aromatic nitrogens is 4. The van der Waals surface area contributed by atoms with Gasteiger partial charge in [0.25, 0.3) is 0 Å². The number of tetrazole rings is 1. The van der Waals surface area contributed by atoms with Gasteiger partial charge < -0.3 is 15.2 Å². The van der Waals surface area contributed by atoms with Crippen LogP contribution in [0.25, 0.3) is 11.4 Å². The second kappa shape index (κ2) is 6.23. The number of hydrazone groups is 1. The summed E-state index contributed by atoms with van der Waals surface area (Å²) in [5, 5.41) is 16.4. The topological polar surface area (TPSA) is 112 Å². The predicted octanol–water partition coefficient (Wildman–Crippen LogP) is 0.216. The molecule has 2 aliphatic rings. The van der Waals surface area contributed by atoms with Gasteiger partial charge in [0.05, 0.1) is 18.4 Å². The Labute approximate surface area is 142 Å². The average molecular weight is 345 g/mol. The maximum atomic E-state index is 5.88. The molecule has 0 spiro atoms. The number of rotatable bonds is 3. The zero-order valence-electron chi connectivity index (χ0n) is 12.6. The molecule has 2 bridgehead atoms. The van der Waals surface area contributed by atoms with Crippen molar-refractivity contribution in [1.29, 1.82) is 0 Å². The van der Waals surface area contributed by atoms with Crippen LogP contribution in [0.2, 0.25) is 0 Å². The van der Waals surface area contributed by atoms with E-state index in [1.807, 2.05) is 30.3 Å². The van der Waals surface area contributed by atoms with Crippen LogP contribution in [0.4, 0.5) is 0 Å².